The summed E-state index contributed by atoms with van der Waals surface area (Å²) in [5, 5.41) is 16.6. The van der Waals surface area contributed by atoms with Crippen molar-refractivity contribution < 1.29 is 18.8 Å². The van der Waals surface area contributed by atoms with Gasteiger partial charge in [-0.25, -0.2) is 4.79 Å². The molecule has 8 heteroatoms. The molecule has 0 radical (unpaired) electrons. The van der Waals surface area contributed by atoms with Crippen molar-refractivity contribution in [3.05, 3.63) is 53.1 Å². The standard InChI is InChI=1S/C24H24N4O4/c1-4-30-24(29)26-20-10-9-17-18(20)6-5-7-19(17)22-27-23(32-28-22)15-8-11-21(31-14(2)3)16(12-15)13-25/h5-8,11-12,14,20H,4,9-10H2,1-3H3,(H,26,29). The summed E-state index contributed by atoms with van der Waals surface area (Å²) < 4.78 is 16.2. The third kappa shape index (κ3) is 4.28. The average Bonchev–Trinajstić information content (AvgIpc) is 3.41. The summed E-state index contributed by atoms with van der Waals surface area (Å²) in [5.41, 5.74) is 4.03. The van der Waals surface area contributed by atoms with Crippen LogP contribution in [0.25, 0.3) is 22.8 Å². The molecule has 0 fully saturated rings. The van der Waals surface area contributed by atoms with Crippen LogP contribution in [-0.4, -0.2) is 28.9 Å². The fraction of sp³-hybridized carbons (Fsp3) is 0.333. The lowest BCUT2D eigenvalue weighted by molar-refractivity contribution is 0.148. The predicted octanol–water partition coefficient (Wildman–Crippen LogP) is 4.80. The molecule has 0 aliphatic heterocycles. The molecule has 1 aliphatic rings. The van der Waals surface area contributed by atoms with Gasteiger partial charge in [-0.2, -0.15) is 10.2 Å². The Labute approximate surface area is 186 Å². The first-order chi connectivity index (χ1) is 15.5. The van der Waals surface area contributed by atoms with Crippen molar-refractivity contribution in [2.75, 3.05) is 6.61 Å². The number of nitrogens with zero attached hydrogens (tertiary/aromatic N) is 3. The molecule has 1 unspecified atom stereocenters. The van der Waals surface area contributed by atoms with Crippen molar-refractivity contribution in [2.24, 2.45) is 0 Å². The first-order valence-electron chi connectivity index (χ1n) is 10.6. The summed E-state index contributed by atoms with van der Waals surface area (Å²) in [7, 11) is 0. The van der Waals surface area contributed by atoms with Gasteiger partial charge in [0.15, 0.2) is 0 Å². The van der Waals surface area contributed by atoms with E-state index >= 15 is 0 Å². The van der Waals surface area contributed by atoms with Gasteiger partial charge in [0.25, 0.3) is 5.89 Å². The fourth-order valence-electron chi connectivity index (χ4n) is 3.89. The maximum absolute atomic E-state index is 11.9. The summed E-state index contributed by atoms with van der Waals surface area (Å²) in [6, 6.07) is 13.1. The van der Waals surface area contributed by atoms with Gasteiger partial charge in [0.2, 0.25) is 5.82 Å². The van der Waals surface area contributed by atoms with Crippen molar-refractivity contribution in [1.29, 1.82) is 5.26 Å². The average molecular weight is 432 g/mol. The van der Waals surface area contributed by atoms with Crippen LogP contribution in [0.15, 0.2) is 40.9 Å². The zero-order valence-electron chi connectivity index (χ0n) is 18.2. The van der Waals surface area contributed by atoms with E-state index in [1.807, 2.05) is 32.0 Å². The number of hydrogen-bond donors (Lipinski definition) is 1. The molecule has 1 aliphatic carbocycles. The molecule has 1 atom stereocenters. The van der Waals surface area contributed by atoms with Gasteiger partial charge in [-0.3, -0.25) is 0 Å². The Hall–Kier alpha value is -3.86. The molecule has 3 aromatic rings. The van der Waals surface area contributed by atoms with Crippen LogP contribution < -0.4 is 10.1 Å². The van der Waals surface area contributed by atoms with Gasteiger partial charge < -0.3 is 19.3 Å². The molecule has 1 heterocycles. The van der Waals surface area contributed by atoms with E-state index < -0.39 is 6.09 Å². The van der Waals surface area contributed by atoms with Crippen molar-refractivity contribution in [1.82, 2.24) is 15.5 Å². The van der Waals surface area contributed by atoms with Gasteiger partial charge in [-0.05, 0) is 62.9 Å². The molecule has 2 aromatic carbocycles. The van der Waals surface area contributed by atoms with Gasteiger partial charge >= 0.3 is 6.09 Å². The lowest BCUT2D eigenvalue weighted by atomic mass is 10.0. The van der Waals surface area contributed by atoms with Crippen molar-refractivity contribution >= 4 is 6.09 Å². The second kappa shape index (κ2) is 9.10. The molecule has 164 valence electrons. The quantitative estimate of drug-likeness (QED) is 0.596. The Kier molecular flexibility index (Phi) is 6.08. The van der Waals surface area contributed by atoms with E-state index in [1.54, 1.807) is 25.1 Å². The maximum Gasteiger partial charge on any atom is 0.407 e. The summed E-state index contributed by atoms with van der Waals surface area (Å²) in [6.45, 7) is 5.92. The van der Waals surface area contributed by atoms with E-state index in [0.717, 1.165) is 29.5 Å². The molecule has 32 heavy (non-hydrogen) atoms. The van der Waals surface area contributed by atoms with Gasteiger partial charge in [0.05, 0.1) is 24.3 Å². The highest BCUT2D eigenvalue weighted by atomic mass is 16.5. The predicted molar refractivity (Wildman–Crippen MR) is 117 cm³/mol. The van der Waals surface area contributed by atoms with Crippen LogP contribution in [0.2, 0.25) is 0 Å². The second-order valence-electron chi connectivity index (χ2n) is 7.74. The zero-order valence-corrected chi connectivity index (χ0v) is 18.2. The molecule has 0 saturated carbocycles. The van der Waals surface area contributed by atoms with E-state index in [-0.39, 0.29) is 12.1 Å². The van der Waals surface area contributed by atoms with Crippen LogP contribution in [0.1, 0.15) is 49.9 Å². The number of amides is 1. The third-order valence-electron chi connectivity index (χ3n) is 5.21. The Morgan fingerprint density at radius 2 is 2.19 bits per heavy atom. The van der Waals surface area contributed by atoms with E-state index in [1.165, 1.54) is 0 Å². The zero-order chi connectivity index (χ0) is 22.7. The van der Waals surface area contributed by atoms with Crippen LogP contribution in [0.5, 0.6) is 5.75 Å². The van der Waals surface area contributed by atoms with Crippen LogP contribution >= 0.6 is 0 Å². The number of nitriles is 1. The molecule has 8 nitrogen and oxygen atoms in total. The van der Waals surface area contributed by atoms with Gasteiger partial charge in [0, 0.05) is 11.1 Å². The van der Waals surface area contributed by atoms with E-state index in [4.69, 9.17) is 14.0 Å². The molecule has 4 rings (SSSR count). The first-order valence-corrected chi connectivity index (χ1v) is 10.6. The summed E-state index contributed by atoms with van der Waals surface area (Å²) in [6.07, 6.45) is 1.10. The molecular weight excluding hydrogens is 408 g/mol. The van der Waals surface area contributed by atoms with E-state index in [2.05, 4.69) is 21.5 Å². The third-order valence-corrected chi connectivity index (χ3v) is 5.21. The van der Waals surface area contributed by atoms with Crippen molar-refractivity contribution in [2.45, 2.75) is 45.8 Å². The van der Waals surface area contributed by atoms with Crippen molar-refractivity contribution in [3.63, 3.8) is 0 Å². The number of carbonyl (C=O) groups is 1. The lowest BCUT2D eigenvalue weighted by Crippen LogP contribution is -2.27. The molecule has 1 N–H and O–H groups in total. The van der Waals surface area contributed by atoms with E-state index in [9.17, 15) is 10.1 Å². The largest absolute Gasteiger partial charge is 0.490 e. The van der Waals surface area contributed by atoms with Gasteiger partial charge in [0.1, 0.15) is 11.8 Å². The Balaban J connectivity index is 1.61. The number of fused-ring (bicyclic) bond motifs is 1. The number of benzene rings is 2. The summed E-state index contributed by atoms with van der Waals surface area (Å²) in [5.74, 6) is 1.31. The smallest absolute Gasteiger partial charge is 0.407 e. The Morgan fingerprint density at radius 3 is 2.94 bits per heavy atom. The summed E-state index contributed by atoms with van der Waals surface area (Å²) in [4.78, 5) is 16.4. The molecule has 1 amide bonds. The molecular formula is C24H24N4O4. The van der Waals surface area contributed by atoms with Gasteiger partial charge in [-0.1, -0.05) is 23.4 Å². The fourth-order valence-corrected chi connectivity index (χ4v) is 3.89. The highest BCUT2D eigenvalue weighted by molar-refractivity contribution is 5.70. The number of nitrogens with one attached hydrogen (secondary N) is 1. The first kappa shape index (κ1) is 21.4. The second-order valence-corrected chi connectivity index (χ2v) is 7.74. The van der Waals surface area contributed by atoms with Crippen LogP contribution in [0, 0.1) is 11.3 Å². The molecule has 1 aromatic heterocycles. The number of carbonyl (C=O) groups excluding carboxylic acids is 1. The van der Waals surface area contributed by atoms with E-state index in [0.29, 0.717) is 35.2 Å². The highest BCUT2D eigenvalue weighted by Gasteiger charge is 2.28. The molecule has 0 spiro atoms. The minimum atomic E-state index is -0.421. The number of ether oxygens (including phenoxy) is 2. The maximum atomic E-state index is 11.9. The number of aromatic nitrogens is 2. The Morgan fingerprint density at radius 1 is 1.34 bits per heavy atom. The number of hydrogen-bond acceptors (Lipinski definition) is 7. The topological polar surface area (TPSA) is 110 Å². The van der Waals surface area contributed by atoms with Crippen LogP contribution in [-0.2, 0) is 11.2 Å². The molecule has 0 bridgehead atoms. The number of rotatable bonds is 6. The molecule has 0 saturated heterocycles. The van der Waals surface area contributed by atoms with Crippen LogP contribution in [0.4, 0.5) is 4.79 Å². The Bertz CT molecular complexity index is 1180. The lowest BCUT2D eigenvalue weighted by Gasteiger charge is -2.14. The SMILES string of the molecule is CCOC(=O)NC1CCc2c(-c3noc(-c4ccc(OC(C)C)c(C#N)c4)n3)cccc21. The van der Waals surface area contributed by atoms with Crippen LogP contribution in [0.3, 0.4) is 0 Å². The summed E-state index contributed by atoms with van der Waals surface area (Å²) >= 11 is 0. The number of alkyl carbamates (subject to hydrolysis) is 1. The minimum absolute atomic E-state index is 0.0368. The minimum Gasteiger partial charge on any atom is -0.490 e. The van der Waals surface area contributed by atoms with Gasteiger partial charge in [-0.15, -0.1) is 0 Å². The monoisotopic (exact) mass is 432 g/mol. The highest BCUT2D eigenvalue weighted by Crippen LogP contribution is 2.37. The normalized spacial score (nSPS) is 14.7. The van der Waals surface area contributed by atoms with Crippen molar-refractivity contribution in [3.8, 4) is 34.7 Å².